The molecule has 11 nitrogen and oxygen atoms in total. The molecule has 11 heteroatoms. The molecule has 2 fully saturated rings. The van der Waals surface area contributed by atoms with Crippen molar-refractivity contribution in [1.82, 2.24) is 29.3 Å². The first-order valence-corrected chi connectivity index (χ1v) is 13.4. The minimum absolute atomic E-state index is 0.00818. The Hall–Kier alpha value is -4.25. The molecular formula is C28H30N8O3. The van der Waals surface area contributed by atoms with E-state index in [4.69, 9.17) is 9.47 Å². The first-order valence-electron chi connectivity index (χ1n) is 13.4. The van der Waals surface area contributed by atoms with Crippen molar-refractivity contribution >= 4 is 17.3 Å². The fourth-order valence-electron chi connectivity index (χ4n) is 5.30. The summed E-state index contributed by atoms with van der Waals surface area (Å²) < 4.78 is 15.7. The van der Waals surface area contributed by atoms with Crippen LogP contribution in [-0.2, 0) is 4.74 Å². The van der Waals surface area contributed by atoms with E-state index in [1.54, 1.807) is 12.5 Å². The summed E-state index contributed by atoms with van der Waals surface area (Å²) in [6.07, 6.45) is 9.69. The van der Waals surface area contributed by atoms with Crippen LogP contribution >= 0.6 is 0 Å². The second-order valence-corrected chi connectivity index (χ2v) is 10.5. The number of fused-ring (bicyclic) bond motifs is 3. The van der Waals surface area contributed by atoms with Gasteiger partial charge < -0.3 is 24.3 Å². The van der Waals surface area contributed by atoms with Crippen LogP contribution in [0.5, 0.6) is 5.75 Å². The van der Waals surface area contributed by atoms with Crippen molar-refractivity contribution in [3.05, 3.63) is 60.7 Å². The van der Waals surface area contributed by atoms with Gasteiger partial charge >= 0.3 is 0 Å². The number of nitrogens with zero attached hydrogens (tertiary/aromatic N) is 7. The number of ether oxygens (including phenoxy) is 2. The Morgan fingerprint density at radius 1 is 1.13 bits per heavy atom. The van der Waals surface area contributed by atoms with E-state index in [1.165, 1.54) is 12.8 Å². The van der Waals surface area contributed by atoms with E-state index in [2.05, 4.69) is 43.4 Å². The van der Waals surface area contributed by atoms with Gasteiger partial charge in [-0.3, -0.25) is 4.79 Å². The van der Waals surface area contributed by atoms with Gasteiger partial charge in [-0.05, 0) is 44.9 Å². The van der Waals surface area contributed by atoms with Crippen LogP contribution in [0.1, 0.15) is 54.8 Å². The maximum atomic E-state index is 13.6. The molecule has 7 rings (SSSR count). The summed E-state index contributed by atoms with van der Waals surface area (Å²) in [7, 11) is 0. The van der Waals surface area contributed by atoms with E-state index >= 15 is 0 Å². The summed E-state index contributed by atoms with van der Waals surface area (Å²) in [5.74, 6) is 1.50. The molecule has 0 spiro atoms. The summed E-state index contributed by atoms with van der Waals surface area (Å²) in [6, 6.07) is 7.47. The number of hydrogen-bond acceptors (Lipinski definition) is 8. The maximum Gasteiger partial charge on any atom is 0.274 e. The Morgan fingerprint density at radius 2 is 2.03 bits per heavy atom. The number of anilines is 2. The largest absolute Gasteiger partial charge is 0.488 e. The van der Waals surface area contributed by atoms with Gasteiger partial charge in [-0.15, -0.1) is 0 Å². The van der Waals surface area contributed by atoms with E-state index in [0.29, 0.717) is 42.1 Å². The zero-order chi connectivity index (χ0) is 26.5. The molecule has 2 atom stereocenters. The molecule has 1 aromatic carbocycles. The Balaban J connectivity index is 1.23. The molecule has 1 saturated carbocycles. The molecular weight excluding hydrogens is 496 g/mol. The zero-order valence-electron chi connectivity index (χ0n) is 21.9. The molecule has 2 aliphatic heterocycles. The number of morpholine rings is 1. The Labute approximate surface area is 225 Å². The quantitative estimate of drug-likeness (QED) is 0.418. The topological polar surface area (TPSA) is 112 Å². The summed E-state index contributed by atoms with van der Waals surface area (Å²) in [5, 5.41) is 7.38. The molecule has 5 heterocycles. The second-order valence-electron chi connectivity index (χ2n) is 10.5. The van der Waals surface area contributed by atoms with Crippen LogP contribution in [-0.4, -0.2) is 67.6 Å². The highest BCUT2D eigenvalue weighted by Gasteiger charge is 2.28. The minimum Gasteiger partial charge on any atom is -0.488 e. The van der Waals surface area contributed by atoms with Crippen LogP contribution in [0, 0.1) is 0 Å². The van der Waals surface area contributed by atoms with Crippen molar-refractivity contribution in [2.75, 3.05) is 36.5 Å². The lowest BCUT2D eigenvalue weighted by molar-refractivity contribution is 0.0532. The molecule has 39 heavy (non-hydrogen) atoms. The van der Waals surface area contributed by atoms with Crippen LogP contribution in [0.15, 0.2) is 49.3 Å². The normalized spacial score (nSPS) is 20.5. The van der Waals surface area contributed by atoms with Gasteiger partial charge in [-0.25, -0.2) is 19.6 Å². The molecule has 0 unspecified atom stereocenters. The van der Waals surface area contributed by atoms with E-state index < -0.39 is 0 Å². The van der Waals surface area contributed by atoms with Crippen LogP contribution < -0.4 is 15.0 Å². The van der Waals surface area contributed by atoms with Gasteiger partial charge in [0, 0.05) is 25.2 Å². The number of carbonyl (C=O) groups is 1. The third-order valence-corrected chi connectivity index (χ3v) is 7.52. The van der Waals surface area contributed by atoms with Gasteiger partial charge in [-0.1, -0.05) is 6.07 Å². The smallest absolute Gasteiger partial charge is 0.274 e. The molecule has 1 saturated heterocycles. The maximum absolute atomic E-state index is 13.6. The van der Waals surface area contributed by atoms with Crippen LogP contribution in [0.25, 0.3) is 17.1 Å². The van der Waals surface area contributed by atoms with Crippen molar-refractivity contribution in [2.24, 2.45) is 0 Å². The number of amides is 1. The number of para-hydroxylation sites is 1. The number of carbonyl (C=O) groups excluding carboxylic acids is 1. The number of hydrogen-bond donors (Lipinski definition) is 1. The van der Waals surface area contributed by atoms with E-state index in [0.717, 1.165) is 35.7 Å². The Bertz CT molecular complexity index is 1540. The second kappa shape index (κ2) is 9.49. The fourth-order valence-corrected chi connectivity index (χ4v) is 5.30. The third kappa shape index (κ3) is 4.42. The molecule has 200 valence electrons. The first-order chi connectivity index (χ1) is 19.0. The highest BCUT2D eigenvalue weighted by atomic mass is 16.5. The van der Waals surface area contributed by atoms with Gasteiger partial charge in [0.25, 0.3) is 5.91 Å². The van der Waals surface area contributed by atoms with Crippen LogP contribution in [0.2, 0.25) is 0 Å². The molecule has 0 radical (unpaired) electrons. The van der Waals surface area contributed by atoms with Gasteiger partial charge in [0.1, 0.15) is 18.6 Å². The SMILES string of the molecule is C[C@@H]1CN(c2cnc(C(=O)Nc3cccc4c3OC[C@@H](C)n3ncnc3-4)cc2-n2cnc(C3CC3)c2)CCO1. The lowest BCUT2D eigenvalue weighted by atomic mass is 10.1. The highest BCUT2D eigenvalue weighted by molar-refractivity contribution is 6.05. The summed E-state index contributed by atoms with van der Waals surface area (Å²) >= 11 is 0. The van der Waals surface area contributed by atoms with E-state index in [-0.39, 0.29) is 18.1 Å². The molecule has 0 bridgehead atoms. The Morgan fingerprint density at radius 3 is 2.87 bits per heavy atom. The van der Waals surface area contributed by atoms with Crippen molar-refractivity contribution in [2.45, 2.75) is 44.8 Å². The van der Waals surface area contributed by atoms with Crippen molar-refractivity contribution < 1.29 is 14.3 Å². The number of aromatic nitrogens is 6. The van der Waals surface area contributed by atoms with Crippen LogP contribution in [0.3, 0.4) is 0 Å². The fraction of sp³-hybridized carbons (Fsp3) is 0.393. The van der Waals surface area contributed by atoms with E-state index in [1.807, 2.05) is 46.8 Å². The van der Waals surface area contributed by atoms with Crippen LogP contribution in [0.4, 0.5) is 11.4 Å². The number of nitrogens with one attached hydrogen (secondary N) is 1. The summed E-state index contributed by atoms with van der Waals surface area (Å²) in [6.45, 7) is 6.65. The Kier molecular flexibility index (Phi) is 5.80. The predicted molar refractivity (Wildman–Crippen MR) is 145 cm³/mol. The predicted octanol–water partition coefficient (Wildman–Crippen LogP) is 3.83. The van der Waals surface area contributed by atoms with Gasteiger partial charge in [0.05, 0.1) is 59.6 Å². The third-order valence-electron chi connectivity index (χ3n) is 7.52. The average Bonchev–Trinajstić information content (AvgIpc) is 3.50. The molecule has 3 aliphatic rings. The molecule has 1 amide bonds. The number of imidazole rings is 1. The van der Waals surface area contributed by atoms with Crippen molar-refractivity contribution in [3.8, 4) is 22.8 Å². The number of pyridine rings is 1. The van der Waals surface area contributed by atoms with Gasteiger partial charge in [0.2, 0.25) is 0 Å². The molecule has 3 aromatic heterocycles. The minimum atomic E-state index is -0.323. The highest BCUT2D eigenvalue weighted by Crippen LogP contribution is 2.40. The first kappa shape index (κ1) is 23.8. The number of benzene rings is 1. The van der Waals surface area contributed by atoms with Gasteiger partial charge in [-0.2, -0.15) is 5.10 Å². The van der Waals surface area contributed by atoms with Crippen molar-refractivity contribution in [3.63, 3.8) is 0 Å². The summed E-state index contributed by atoms with van der Waals surface area (Å²) in [5.41, 5.74) is 4.56. The standard InChI is InChI=1S/C28H30N8O3/c1-17-14-39-26-20(27-30-15-32-36(17)27)4-3-5-21(26)33-28(37)22-10-24(35-13-23(31-16-35)19-6-7-19)25(11-29-22)34-8-9-38-18(2)12-34/h3-5,10-11,13,15-19H,6-9,12,14H2,1-2H3,(H,33,37)/t17-,18-/m1/s1. The lowest BCUT2D eigenvalue weighted by Gasteiger charge is -2.34. The molecule has 4 aromatic rings. The zero-order valence-corrected chi connectivity index (χ0v) is 21.9. The average molecular weight is 527 g/mol. The summed E-state index contributed by atoms with van der Waals surface area (Å²) in [4.78, 5) is 29.5. The van der Waals surface area contributed by atoms with Gasteiger partial charge in [0.15, 0.2) is 11.6 Å². The monoisotopic (exact) mass is 526 g/mol. The number of rotatable bonds is 5. The van der Waals surface area contributed by atoms with E-state index in [9.17, 15) is 4.79 Å². The molecule has 1 N–H and O–H groups in total. The lowest BCUT2D eigenvalue weighted by Crippen LogP contribution is -2.41. The van der Waals surface area contributed by atoms with Crippen molar-refractivity contribution in [1.29, 1.82) is 0 Å². The molecule has 1 aliphatic carbocycles.